The van der Waals surface area contributed by atoms with Gasteiger partial charge in [0.15, 0.2) is 0 Å². The highest BCUT2D eigenvalue weighted by molar-refractivity contribution is 9.10. The number of nitrogens with two attached hydrogens (primary N) is 2. The Labute approximate surface area is 110 Å². The highest BCUT2D eigenvalue weighted by Gasteiger charge is 2.14. The van der Waals surface area contributed by atoms with Gasteiger partial charge in [0.2, 0.25) is 0 Å². The Balaban J connectivity index is 2.17. The van der Waals surface area contributed by atoms with Crippen molar-refractivity contribution in [3.05, 3.63) is 28.2 Å². The van der Waals surface area contributed by atoms with Crippen molar-refractivity contribution in [3.63, 3.8) is 0 Å². The van der Waals surface area contributed by atoms with Crippen molar-refractivity contribution in [1.82, 2.24) is 0 Å². The van der Waals surface area contributed by atoms with E-state index in [0.717, 1.165) is 36.3 Å². The number of hydrogen-bond donors (Lipinski definition) is 2. The summed E-state index contributed by atoms with van der Waals surface area (Å²) >= 11 is 3.56. The van der Waals surface area contributed by atoms with Gasteiger partial charge in [0, 0.05) is 35.8 Å². The summed E-state index contributed by atoms with van der Waals surface area (Å²) in [7, 11) is 0. The summed E-state index contributed by atoms with van der Waals surface area (Å²) in [6.45, 7) is 3.92. The van der Waals surface area contributed by atoms with Gasteiger partial charge in [-0.1, -0.05) is 22.0 Å². The highest BCUT2D eigenvalue weighted by atomic mass is 79.9. The molecule has 1 fully saturated rings. The van der Waals surface area contributed by atoms with Gasteiger partial charge in [0.05, 0.1) is 13.2 Å². The molecule has 1 saturated heterocycles. The second-order valence-corrected chi connectivity index (χ2v) is 5.00. The van der Waals surface area contributed by atoms with Crippen LogP contribution in [0.5, 0.6) is 0 Å². The molecule has 1 aromatic carbocycles. The van der Waals surface area contributed by atoms with Crippen LogP contribution in [0, 0.1) is 0 Å². The van der Waals surface area contributed by atoms with E-state index < -0.39 is 0 Å². The minimum atomic E-state index is -0.108. The van der Waals surface area contributed by atoms with Gasteiger partial charge in [0.1, 0.15) is 0 Å². The molecule has 0 bridgehead atoms. The number of benzene rings is 1. The van der Waals surface area contributed by atoms with Crippen LogP contribution in [0.25, 0.3) is 0 Å². The Bertz CT molecular complexity index is 380. The monoisotopic (exact) mass is 299 g/mol. The van der Waals surface area contributed by atoms with Crippen LogP contribution in [-0.2, 0) is 4.74 Å². The number of nitrogens with zero attached hydrogens (tertiary/aromatic N) is 1. The van der Waals surface area contributed by atoms with E-state index in [1.54, 1.807) is 0 Å². The summed E-state index contributed by atoms with van der Waals surface area (Å²) in [4.78, 5) is 2.31. The summed E-state index contributed by atoms with van der Waals surface area (Å²) in [5, 5.41) is 0. The number of hydrogen-bond acceptors (Lipinski definition) is 4. The Morgan fingerprint density at radius 2 is 2.06 bits per heavy atom. The molecule has 0 saturated carbocycles. The maximum absolute atomic E-state index is 5.94. The van der Waals surface area contributed by atoms with Gasteiger partial charge in [-0.15, -0.1) is 0 Å². The lowest BCUT2D eigenvalue weighted by Crippen LogP contribution is -2.36. The first-order valence-corrected chi connectivity index (χ1v) is 6.59. The first-order valence-electron chi connectivity index (χ1n) is 5.80. The molecule has 1 aliphatic rings. The van der Waals surface area contributed by atoms with Gasteiger partial charge in [0.25, 0.3) is 0 Å². The lowest BCUT2D eigenvalue weighted by molar-refractivity contribution is 0.122. The number of anilines is 1. The molecule has 0 aromatic heterocycles. The van der Waals surface area contributed by atoms with E-state index in [1.807, 2.05) is 6.07 Å². The quantitative estimate of drug-likeness (QED) is 0.881. The number of ether oxygens (including phenoxy) is 1. The molecule has 0 amide bonds. The van der Waals surface area contributed by atoms with Crippen LogP contribution in [0.3, 0.4) is 0 Å². The fourth-order valence-corrected chi connectivity index (χ4v) is 2.62. The molecule has 2 rings (SSSR count). The maximum atomic E-state index is 5.94. The third-order valence-corrected chi connectivity index (χ3v) is 3.70. The average molecular weight is 300 g/mol. The van der Waals surface area contributed by atoms with E-state index in [2.05, 4.69) is 33.0 Å². The maximum Gasteiger partial charge on any atom is 0.0642 e. The highest BCUT2D eigenvalue weighted by Crippen LogP contribution is 2.27. The van der Waals surface area contributed by atoms with Crippen LogP contribution in [0.1, 0.15) is 11.6 Å². The SMILES string of the molecule is NCC(N)c1ccc(N2CCOCC2)cc1Br. The van der Waals surface area contributed by atoms with Crippen LogP contribution in [-0.4, -0.2) is 32.8 Å². The predicted octanol–water partition coefficient (Wildman–Crippen LogP) is 1.24. The van der Waals surface area contributed by atoms with Crippen LogP contribution in [0.4, 0.5) is 5.69 Å². The second-order valence-electron chi connectivity index (χ2n) is 4.15. The van der Waals surface area contributed by atoms with Gasteiger partial charge in [-0.25, -0.2) is 0 Å². The van der Waals surface area contributed by atoms with Crippen LogP contribution in [0.15, 0.2) is 22.7 Å². The summed E-state index contributed by atoms with van der Waals surface area (Å²) in [5.41, 5.74) is 13.8. The smallest absolute Gasteiger partial charge is 0.0642 e. The van der Waals surface area contributed by atoms with Crippen molar-refractivity contribution < 1.29 is 4.74 Å². The topological polar surface area (TPSA) is 64.5 Å². The fraction of sp³-hybridized carbons (Fsp3) is 0.500. The van der Waals surface area contributed by atoms with Crippen LogP contribution < -0.4 is 16.4 Å². The molecule has 94 valence electrons. The minimum absolute atomic E-state index is 0.108. The normalized spacial score (nSPS) is 18.2. The first kappa shape index (κ1) is 12.8. The fourth-order valence-electron chi connectivity index (χ4n) is 1.96. The third-order valence-electron chi connectivity index (χ3n) is 3.01. The lowest BCUT2D eigenvalue weighted by Gasteiger charge is -2.29. The molecule has 1 aromatic rings. The molecule has 0 spiro atoms. The number of rotatable bonds is 3. The molecule has 1 heterocycles. The van der Waals surface area contributed by atoms with E-state index in [-0.39, 0.29) is 6.04 Å². The molecule has 4 nitrogen and oxygen atoms in total. The van der Waals surface area contributed by atoms with Crippen molar-refractivity contribution >= 4 is 21.6 Å². The molecule has 1 atom stereocenters. The summed E-state index contributed by atoms with van der Waals surface area (Å²) in [5.74, 6) is 0. The Hall–Kier alpha value is -0.620. The molecule has 4 N–H and O–H groups in total. The van der Waals surface area contributed by atoms with Crippen molar-refractivity contribution in [2.24, 2.45) is 11.5 Å². The van der Waals surface area contributed by atoms with E-state index in [1.165, 1.54) is 5.69 Å². The zero-order valence-electron chi connectivity index (χ0n) is 9.73. The molecular formula is C12H18BrN3O. The minimum Gasteiger partial charge on any atom is -0.378 e. The standard InChI is InChI=1S/C12H18BrN3O/c13-11-7-9(16-3-5-17-6-4-16)1-2-10(11)12(15)8-14/h1-2,7,12H,3-6,8,14-15H2. The van der Waals surface area contributed by atoms with E-state index in [0.29, 0.717) is 6.54 Å². The summed E-state index contributed by atoms with van der Waals surface area (Å²) in [6, 6.07) is 6.15. The Kier molecular flexibility index (Phi) is 4.39. The molecule has 0 radical (unpaired) electrons. The molecule has 17 heavy (non-hydrogen) atoms. The largest absolute Gasteiger partial charge is 0.378 e. The Morgan fingerprint density at radius 3 is 2.65 bits per heavy atom. The molecular weight excluding hydrogens is 282 g/mol. The third kappa shape index (κ3) is 2.98. The van der Waals surface area contributed by atoms with Gasteiger partial charge < -0.3 is 21.1 Å². The van der Waals surface area contributed by atoms with Crippen molar-refractivity contribution in [1.29, 1.82) is 0 Å². The second kappa shape index (κ2) is 5.82. The zero-order valence-corrected chi connectivity index (χ0v) is 11.3. The van der Waals surface area contributed by atoms with Crippen molar-refractivity contribution in [3.8, 4) is 0 Å². The van der Waals surface area contributed by atoms with Crippen molar-refractivity contribution in [2.45, 2.75) is 6.04 Å². The molecule has 1 aliphatic heterocycles. The molecule has 0 aliphatic carbocycles. The van der Waals surface area contributed by atoms with Gasteiger partial charge in [-0.2, -0.15) is 0 Å². The Morgan fingerprint density at radius 1 is 1.35 bits per heavy atom. The predicted molar refractivity (Wildman–Crippen MR) is 73.2 cm³/mol. The summed E-state index contributed by atoms with van der Waals surface area (Å²) in [6.07, 6.45) is 0. The first-order chi connectivity index (χ1) is 8.22. The lowest BCUT2D eigenvalue weighted by atomic mass is 10.1. The van der Waals surface area contributed by atoms with Crippen LogP contribution >= 0.6 is 15.9 Å². The van der Waals surface area contributed by atoms with Crippen molar-refractivity contribution in [2.75, 3.05) is 37.7 Å². The zero-order chi connectivity index (χ0) is 12.3. The summed E-state index contributed by atoms with van der Waals surface area (Å²) < 4.78 is 6.37. The van der Waals surface area contributed by atoms with Gasteiger partial charge in [-0.3, -0.25) is 0 Å². The van der Waals surface area contributed by atoms with E-state index in [4.69, 9.17) is 16.2 Å². The van der Waals surface area contributed by atoms with E-state index in [9.17, 15) is 0 Å². The van der Waals surface area contributed by atoms with Gasteiger partial charge >= 0.3 is 0 Å². The number of halogens is 1. The van der Waals surface area contributed by atoms with Crippen LogP contribution in [0.2, 0.25) is 0 Å². The molecule has 5 heteroatoms. The average Bonchev–Trinajstić information content (AvgIpc) is 2.39. The number of morpholine rings is 1. The van der Waals surface area contributed by atoms with Gasteiger partial charge in [-0.05, 0) is 17.7 Å². The molecule has 1 unspecified atom stereocenters. The van der Waals surface area contributed by atoms with E-state index >= 15 is 0 Å².